The Morgan fingerprint density at radius 3 is 2.43 bits per heavy atom. The summed E-state index contributed by atoms with van der Waals surface area (Å²) in [5, 5.41) is 2.90. The van der Waals surface area contributed by atoms with Gasteiger partial charge in [0, 0.05) is 31.0 Å². The van der Waals surface area contributed by atoms with Crippen LogP contribution in [0.2, 0.25) is 0 Å². The first kappa shape index (κ1) is 20.1. The summed E-state index contributed by atoms with van der Waals surface area (Å²) in [5.74, 6) is 1.19. The van der Waals surface area contributed by atoms with Crippen LogP contribution in [0, 0.1) is 6.92 Å². The van der Waals surface area contributed by atoms with Crippen LogP contribution < -0.4 is 5.32 Å². The second-order valence-corrected chi connectivity index (χ2v) is 7.91. The van der Waals surface area contributed by atoms with E-state index in [2.05, 4.69) is 36.5 Å². The topological polar surface area (TPSA) is 66.5 Å². The predicted octanol–water partition coefficient (Wildman–Crippen LogP) is 3.42. The molecule has 0 saturated carbocycles. The first-order valence-corrected chi connectivity index (χ1v) is 10.6. The molecule has 0 aromatic heterocycles. The molecule has 5 nitrogen and oxygen atoms in total. The van der Waals surface area contributed by atoms with E-state index in [1.807, 2.05) is 0 Å². The van der Waals surface area contributed by atoms with Gasteiger partial charge in [-0.05, 0) is 31.0 Å². The smallest absolute Gasteiger partial charge is 0.261 e. The number of carbonyl (C=O) groups is 3. The first-order chi connectivity index (χ1) is 13.6. The van der Waals surface area contributed by atoms with Gasteiger partial charge in [-0.1, -0.05) is 42.0 Å². The average molecular weight is 397 g/mol. The normalized spacial score (nSPS) is 13.0. The van der Waals surface area contributed by atoms with E-state index in [0.717, 1.165) is 11.5 Å². The molecule has 6 heteroatoms. The van der Waals surface area contributed by atoms with Crippen molar-refractivity contribution < 1.29 is 14.4 Å². The monoisotopic (exact) mass is 396 g/mol. The minimum atomic E-state index is -0.270. The van der Waals surface area contributed by atoms with E-state index in [4.69, 9.17) is 0 Å². The second kappa shape index (κ2) is 9.55. The van der Waals surface area contributed by atoms with Gasteiger partial charge in [-0.3, -0.25) is 19.3 Å². The van der Waals surface area contributed by atoms with Crippen LogP contribution in [0.1, 0.15) is 44.7 Å². The van der Waals surface area contributed by atoms with E-state index in [-0.39, 0.29) is 24.3 Å². The number of nitrogens with one attached hydrogen (secondary N) is 1. The standard InChI is InChI=1S/C22H24N2O3S/c1-16-6-4-7-17(14-16)15-28-13-11-23-20(25)10-5-12-24-21(26)18-8-2-3-9-19(18)22(24)27/h2-4,6-9,14H,5,10-13,15H2,1H3,(H,23,25). The Balaban J connectivity index is 1.31. The summed E-state index contributed by atoms with van der Waals surface area (Å²) in [6, 6.07) is 15.2. The molecule has 3 rings (SSSR count). The summed E-state index contributed by atoms with van der Waals surface area (Å²) in [6.07, 6.45) is 0.768. The number of imide groups is 1. The number of rotatable bonds is 9. The molecule has 0 fully saturated rings. The van der Waals surface area contributed by atoms with Gasteiger partial charge in [-0.25, -0.2) is 0 Å². The van der Waals surface area contributed by atoms with Gasteiger partial charge in [-0.15, -0.1) is 0 Å². The fraction of sp³-hybridized carbons (Fsp3) is 0.318. The van der Waals surface area contributed by atoms with Crippen LogP contribution in [0.25, 0.3) is 0 Å². The summed E-state index contributed by atoms with van der Waals surface area (Å²) >= 11 is 1.78. The van der Waals surface area contributed by atoms with E-state index in [1.165, 1.54) is 16.0 Å². The van der Waals surface area contributed by atoms with Crippen molar-refractivity contribution in [2.75, 3.05) is 18.8 Å². The van der Waals surface area contributed by atoms with Crippen molar-refractivity contribution in [2.45, 2.75) is 25.5 Å². The van der Waals surface area contributed by atoms with Crippen LogP contribution in [0.3, 0.4) is 0 Å². The number of hydrogen-bond acceptors (Lipinski definition) is 4. The van der Waals surface area contributed by atoms with Gasteiger partial charge < -0.3 is 5.32 Å². The summed E-state index contributed by atoms with van der Waals surface area (Å²) in [6.45, 7) is 2.96. The van der Waals surface area contributed by atoms with Crippen LogP contribution in [0.4, 0.5) is 0 Å². The Bertz CT molecular complexity index is 847. The number of thioether (sulfide) groups is 1. The molecule has 0 bridgehead atoms. The van der Waals surface area contributed by atoms with Crippen molar-refractivity contribution in [2.24, 2.45) is 0 Å². The van der Waals surface area contributed by atoms with Gasteiger partial charge in [0.05, 0.1) is 11.1 Å². The second-order valence-electron chi connectivity index (χ2n) is 6.80. The van der Waals surface area contributed by atoms with Crippen molar-refractivity contribution in [3.05, 3.63) is 70.8 Å². The van der Waals surface area contributed by atoms with Crippen molar-refractivity contribution in [3.63, 3.8) is 0 Å². The van der Waals surface area contributed by atoms with Crippen LogP contribution in [-0.4, -0.2) is 41.5 Å². The molecule has 3 amide bonds. The number of nitrogens with zero attached hydrogens (tertiary/aromatic N) is 1. The molecule has 2 aromatic carbocycles. The number of carbonyl (C=O) groups excluding carboxylic acids is 3. The van der Waals surface area contributed by atoms with Gasteiger partial charge >= 0.3 is 0 Å². The lowest BCUT2D eigenvalue weighted by molar-refractivity contribution is -0.121. The van der Waals surface area contributed by atoms with Gasteiger partial charge in [-0.2, -0.15) is 11.8 Å². The zero-order valence-corrected chi connectivity index (χ0v) is 16.8. The third-order valence-electron chi connectivity index (χ3n) is 4.58. The third kappa shape index (κ3) is 5.01. The SMILES string of the molecule is Cc1cccc(CSCCNC(=O)CCCN2C(=O)c3ccccc3C2=O)c1. The average Bonchev–Trinajstić information content (AvgIpc) is 2.93. The zero-order valence-electron chi connectivity index (χ0n) is 15.9. The highest BCUT2D eigenvalue weighted by Gasteiger charge is 2.34. The molecule has 1 heterocycles. The molecule has 1 N–H and O–H groups in total. The van der Waals surface area contributed by atoms with Crippen LogP contribution in [-0.2, 0) is 10.5 Å². The number of fused-ring (bicyclic) bond motifs is 1. The Morgan fingerprint density at radius 1 is 1.04 bits per heavy atom. The van der Waals surface area contributed by atoms with Crippen molar-refractivity contribution in [1.29, 1.82) is 0 Å². The van der Waals surface area contributed by atoms with E-state index in [1.54, 1.807) is 36.0 Å². The number of hydrogen-bond donors (Lipinski definition) is 1. The molecule has 0 aliphatic carbocycles. The maximum atomic E-state index is 12.3. The first-order valence-electron chi connectivity index (χ1n) is 9.41. The quantitative estimate of drug-likeness (QED) is 0.521. The predicted molar refractivity (Wildman–Crippen MR) is 111 cm³/mol. The van der Waals surface area contributed by atoms with Gasteiger partial charge in [0.25, 0.3) is 11.8 Å². The highest BCUT2D eigenvalue weighted by atomic mass is 32.2. The van der Waals surface area contributed by atoms with Crippen molar-refractivity contribution >= 4 is 29.5 Å². The Kier molecular flexibility index (Phi) is 6.87. The van der Waals surface area contributed by atoms with E-state index in [9.17, 15) is 14.4 Å². The molecule has 0 atom stereocenters. The summed E-state index contributed by atoms with van der Waals surface area (Å²) in [4.78, 5) is 37.7. The van der Waals surface area contributed by atoms with Crippen LogP contribution in [0.15, 0.2) is 48.5 Å². The Labute approximate surface area is 169 Å². The fourth-order valence-corrected chi connectivity index (χ4v) is 3.99. The minimum Gasteiger partial charge on any atom is -0.355 e. The van der Waals surface area contributed by atoms with Gasteiger partial charge in [0.15, 0.2) is 0 Å². The lowest BCUT2D eigenvalue weighted by atomic mass is 10.1. The minimum absolute atomic E-state index is 0.0484. The highest BCUT2D eigenvalue weighted by Crippen LogP contribution is 2.22. The molecule has 0 unspecified atom stereocenters. The highest BCUT2D eigenvalue weighted by molar-refractivity contribution is 7.98. The third-order valence-corrected chi connectivity index (χ3v) is 5.61. The maximum absolute atomic E-state index is 12.3. The molecule has 28 heavy (non-hydrogen) atoms. The molecule has 0 radical (unpaired) electrons. The lowest BCUT2D eigenvalue weighted by Gasteiger charge is -2.13. The number of aryl methyl sites for hydroxylation is 1. The molecular formula is C22H24N2O3S. The van der Waals surface area contributed by atoms with Crippen LogP contribution >= 0.6 is 11.8 Å². The molecule has 146 valence electrons. The van der Waals surface area contributed by atoms with Crippen molar-refractivity contribution in [3.8, 4) is 0 Å². The molecule has 1 aliphatic heterocycles. The largest absolute Gasteiger partial charge is 0.355 e. The summed E-state index contributed by atoms with van der Waals surface area (Å²) in [5.41, 5.74) is 3.44. The fourth-order valence-electron chi connectivity index (χ4n) is 3.18. The number of benzene rings is 2. The molecular weight excluding hydrogens is 372 g/mol. The van der Waals surface area contributed by atoms with Crippen molar-refractivity contribution in [1.82, 2.24) is 10.2 Å². The van der Waals surface area contributed by atoms with E-state index >= 15 is 0 Å². The Morgan fingerprint density at radius 2 is 1.75 bits per heavy atom. The summed E-state index contributed by atoms with van der Waals surface area (Å²) in [7, 11) is 0. The molecule has 1 aliphatic rings. The van der Waals surface area contributed by atoms with E-state index in [0.29, 0.717) is 30.5 Å². The van der Waals surface area contributed by atoms with Crippen LogP contribution in [0.5, 0.6) is 0 Å². The Hall–Kier alpha value is -2.60. The van der Waals surface area contributed by atoms with Gasteiger partial charge in [0.1, 0.15) is 0 Å². The van der Waals surface area contributed by atoms with Gasteiger partial charge in [0.2, 0.25) is 5.91 Å². The summed E-state index contributed by atoms with van der Waals surface area (Å²) < 4.78 is 0. The number of amides is 3. The lowest BCUT2D eigenvalue weighted by Crippen LogP contribution is -2.32. The maximum Gasteiger partial charge on any atom is 0.261 e. The molecule has 0 saturated heterocycles. The molecule has 0 spiro atoms. The zero-order chi connectivity index (χ0) is 19.9. The van der Waals surface area contributed by atoms with E-state index < -0.39 is 0 Å². The molecule has 2 aromatic rings.